The van der Waals surface area contributed by atoms with Crippen LogP contribution in [0.3, 0.4) is 0 Å². The molecule has 10 nitrogen and oxygen atoms in total. The number of nitrogens with zero attached hydrogens (tertiary/aromatic N) is 6. The summed E-state index contributed by atoms with van der Waals surface area (Å²) in [6, 6.07) is 3.81. The molecule has 4 heterocycles. The van der Waals surface area contributed by atoms with Crippen LogP contribution in [-0.4, -0.2) is 88.6 Å². The maximum atomic E-state index is 12.2. The van der Waals surface area contributed by atoms with E-state index in [0.717, 1.165) is 32.0 Å². The minimum atomic E-state index is -0.402. The number of rotatable bonds is 5. The van der Waals surface area contributed by atoms with Gasteiger partial charge in [0.15, 0.2) is 0 Å². The number of pyridine rings is 1. The first kappa shape index (κ1) is 22.1. The number of methoxy groups -OCH3 is 1. The summed E-state index contributed by atoms with van der Waals surface area (Å²) in [4.78, 5) is 31.8. The second-order valence-electron chi connectivity index (χ2n) is 7.23. The van der Waals surface area contributed by atoms with Crippen LogP contribution in [-0.2, 0) is 9.47 Å². The third kappa shape index (κ3) is 5.02. The zero-order chi connectivity index (χ0) is 22.5. The van der Waals surface area contributed by atoms with Gasteiger partial charge in [-0.2, -0.15) is 0 Å². The Balaban J connectivity index is 1.31. The molecule has 0 radical (unpaired) electrons. The fourth-order valence-corrected chi connectivity index (χ4v) is 3.91. The summed E-state index contributed by atoms with van der Waals surface area (Å²) in [5.74, 6) is 0.857. The molecule has 0 aromatic carbocycles. The Bertz CT molecular complexity index is 969. The lowest BCUT2D eigenvalue weighted by Crippen LogP contribution is -2.48. The lowest BCUT2D eigenvalue weighted by molar-refractivity contribution is 0.142. The van der Waals surface area contributed by atoms with E-state index in [1.165, 1.54) is 7.11 Å². The molecule has 0 bridgehead atoms. The number of cyclic esters (lactones) is 1. The minimum Gasteiger partial charge on any atom is -0.474 e. The lowest BCUT2D eigenvalue weighted by Gasteiger charge is -2.36. The summed E-state index contributed by atoms with van der Waals surface area (Å²) in [5, 5.41) is 3.17. The maximum absolute atomic E-state index is 12.2. The smallest absolute Gasteiger partial charge is 0.414 e. The second kappa shape index (κ2) is 10.0. The monoisotopic (exact) mass is 473 g/mol. The number of anilines is 2. The zero-order valence-electron chi connectivity index (χ0n) is 17.5. The van der Waals surface area contributed by atoms with Crippen molar-refractivity contribution in [1.82, 2.24) is 25.2 Å². The second-order valence-corrected chi connectivity index (χ2v) is 7.99. The van der Waals surface area contributed by atoms with Crippen LogP contribution in [0.4, 0.5) is 16.3 Å². The van der Waals surface area contributed by atoms with Crippen molar-refractivity contribution in [2.24, 2.45) is 0 Å². The van der Waals surface area contributed by atoms with Gasteiger partial charge in [0.05, 0.1) is 38.3 Å². The summed E-state index contributed by atoms with van der Waals surface area (Å²) in [5.41, 5.74) is 1.41. The quantitative estimate of drug-likeness (QED) is 0.635. The third-order valence-corrected chi connectivity index (χ3v) is 6.03. The normalized spacial score (nSPS) is 18.3. The van der Waals surface area contributed by atoms with Gasteiger partial charge >= 0.3 is 6.09 Å². The van der Waals surface area contributed by atoms with E-state index in [0.29, 0.717) is 29.5 Å². The predicted octanol–water partition coefficient (Wildman–Crippen LogP) is 1.22. The van der Waals surface area contributed by atoms with Gasteiger partial charge in [-0.1, -0.05) is 12.2 Å². The standard InChI is InChI=1S/C20H23N7O3S2/c1-29-19(32)24-11-15-13-27(20(28)30-15)14-2-3-17(23-10-14)25-6-8-26(9-7-25)18(31)16-12-21-4-5-22-16/h2-5,10,12,15H,6-9,11,13H2,1H3,(H,24,32)/t15-/m0/s1. The number of piperazine rings is 1. The van der Waals surface area contributed by atoms with Crippen molar-refractivity contribution in [2.45, 2.75) is 6.10 Å². The first-order chi connectivity index (χ1) is 15.5. The SMILES string of the molecule is COC(=S)NC[C@H]1CN(c2ccc(N3CCN(C(=S)c4cnccn4)CC3)nc2)C(=O)O1. The highest BCUT2D eigenvalue weighted by Crippen LogP contribution is 2.23. The molecule has 1 atom stereocenters. The summed E-state index contributed by atoms with van der Waals surface area (Å²) in [6.45, 7) is 3.92. The molecule has 2 fully saturated rings. The fourth-order valence-electron chi connectivity index (χ4n) is 3.54. The van der Waals surface area contributed by atoms with E-state index in [2.05, 4.69) is 30.1 Å². The summed E-state index contributed by atoms with van der Waals surface area (Å²) < 4.78 is 10.3. The van der Waals surface area contributed by atoms with Crippen molar-refractivity contribution in [3.05, 3.63) is 42.6 Å². The van der Waals surface area contributed by atoms with Crippen molar-refractivity contribution >= 4 is 52.2 Å². The van der Waals surface area contributed by atoms with Crippen LogP contribution in [0.5, 0.6) is 0 Å². The number of thiocarbonyl (C=S) groups is 2. The molecule has 1 amide bonds. The van der Waals surface area contributed by atoms with E-state index >= 15 is 0 Å². The summed E-state index contributed by atoms with van der Waals surface area (Å²) in [6.07, 6.45) is 5.94. The molecule has 2 saturated heterocycles. The van der Waals surface area contributed by atoms with Gasteiger partial charge in [0.2, 0.25) is 0 Å². The van der Waals surface area contributed by atoms with Crippen LogP contribution < -0.4 is 15.1 Å². The van der Waals surface area contributed by atoms with Crippen LogP contribution in [0.15, 0.2) is 36.9 Å². The highest BCUT2D eigenvalue weighted by molar-refractivity contribution is 7.80. The Kier molecular flexibility index (Phi) is 6.90. The van der Waals surface area contributed by atoms with Gasteiger partial charge in [0.25, 0.3) is 5.17 Å². The van der Waals surface area contributed by atoms with Crippen molar-refractivity contribution in [1.29, 1.82) is 0 Å². The van der Waals surface area contributed by atoms with E-state index in [1.807, 2.05) is 12.1 Å². The average molecular weight is 474 g/mol. The third-order valence-electron chi connectivity index (χ3n) is 5.25. The molecule has 4 rings (SSSR count). The van der Waals surface area contributed by atoms with Gasteiger partial charge in [0, 0.05) is 38.6 Å². The van der Waals surface area contributed by atoms with E-state index in [4.69, 9.17) is 33.9 Å². The Morgan fingerprint density at radius 1 is 1.19 bits per heavy atom. The number of nitrogens with one attached hydrogen (secondary N) is 1. The molecular weight excluding hydrogens is 450 g/mol. The van der Waals surface area contributed by atoms with Gasteiger partial charge in [-0.3, -0.25) is 14.9 Å². The van der Waals surface area contributed by atoms with Crippen LogP contribution in [0.1, 0.15) is 5.69 Å². The molecule has 0 saturated carbocycles. The number of hydrogen-bond acceptors (Lipinski definition) is 9. The zero-order valence-corrected chi connectivity index (χ0v) is 19.1. The molecule has 0 spiro atoms. The Morgan fingerprint density at radius 2 is 2.00 bits per heavy atom. The first-order valence-corrected chi connectivity index (χ1v) is 10.9. The van der Waals surface area contributed by atoms with Crippen molar-refractivity contribution in [3.8, 4) is 0 Å². The number of amides is 1. The molecule has 2 aliphatic rings. The van der Waals surface area contributed by atoms with Gasteiger partial charge in [-0.05, 0) is 24.4 Å². The molecule has 12 heteroatoms. The minimum absolute atomic E-state index is 0.267. The van der Waals surface area contributed by atoms with E-state index in [1.54, 1.807) is 29.7 Å². The van der Waals surface area contributed by atoms with Crippen LogP contribution in [0.2, 0.25) is 0 Å². The molecule has 168 valence electrons. The van der Waals surface area contributed by atoms with Crippen LogP contribution in [0, 0.1) is 0 Å². The van der Waals surface area contributed by atoms with E-state index in [-0.39, 0.29) is 11.3 Å². The van der Waals surface area contributed by atoms with Crippen LogP contribution >= 0.6 is 24.4 Å². The average Bonchev–Trinajstić information content (AvgIpc) is 3.23. The van der Waals surface area contributed by atoms with Gasteiger partial charge in [-0.15, -0.1) is 0 Å². The molecule has 2 aromatic rings. The fraction of sp³-hybridized carbons (Fsp3) is 0.400. The Morgan fingerprint density at radius 3 is 2.66 bits per heavy atom. The molecule has 1 N–H and O–H groups in total. The highest BCUT2D eigenvalue weighted by Gasteiger charge is 2.32. The number of ether oxygens (including phenoxy) is 2. The van der Waals surface area contributed by atoms with Crippen LogP contribution in [0.25, 0.3) is 0 Å². The first-order valence-electron chi connectivity index (χ1n) is 10.1. The highest BCUT2D eigenvalue weighted by atomic mass is 32.1. The number of hydrogen-bond donors (Lipinski definition) is 1. The molecule has 0 aliphatic carbocycles. The van der Waals surface area contributed by atoms with Gasteiger partial charge < -0.3 is 24.6 Å². The number of carbonyl (C=O) groups is 1. The molecule has 0 unspecified atom stereocenters. The van der Waals surface area contributed by atoms with Crippen molar-refractivity contribution in [2.75, 3.05) is 56.2 Å². The predicted molar refractivity (Wildman–Crippen MR) is 127 cm³/mol. The van der Waals surface area contributed by atoms with Gasteiger partial charge in [0.1, 0.15) is 22.6 Å². The maximum Gasteiger partial charge on any atom is 0.414 e. The summed E-state index contributed by atoms with van der Waals surface area (Å²) in [7, 11) is 1.49. The Labute approximate surface area is 196 Å². The largest absolute Gasteiger partial charge is 0.474 e. The van der Waals surface area contributed by atoms with E-state index < -0.39 is 6.09 Å². The number of carbonyl (C=O) groups excluding carboxylic acids is 1. The lowest BCUT2D eigenvalue weighted by atomic mass is 10.2. The molecule has 2 aliphatic heterocycles. The molecular formula is C20H23N7O3S2. The summed E-state index contributed by atoms with van der Waals surface area (Å²) >= 11 is 10.5. The van der Waals surface area contributed by atoms with Crippen molar-refractivity contribution < 1.29 is 14.3 Å². The van der Waals surface area contributed by atoms with Gasteiger partial charge in [-0.25, -0.2) is 9.78 Å². The molecule has 32 heavy (non-hydrogen) atoms. The van der Waals surface area contributed by atoms with Crippen molar-refractivity contribution in [3.63, 3.8) is 0 Å². The molecule has 2 aromatic heterocycles. The topological polar surface area (TPSA) is 96.0 Å². The van der Waals surface area contributed by atoms with E-state index in [9.17, 15) is 4.79 Å². The Hall–Kier alpha value is -3.12. The number of aromatic nitrogens is 3.